The highest BCUT2D eigenvalue weighted by molar-refractivity contribution is 5.83. The van der Waals surface area contributed by atoms with E-state index in [2.05, 4.69) is 0 Å². The predicted molar refractivity (Wildman–Crippen MR) is 66.3 cm³/mol. The molecule has 1 rings (SSSR count). The van der Waals surface area contributed by atoms with E-state index in [0.717, 1.165) is 0 Å². The number of hydrogen-bond acceptors (Lipinski definition) is 4. The molecule has 0 spiro atoms. The number of carboxylic acids is 2. The molecule has 1 aliphatic heterocycles. The number of carbonyl (C=O) groups is 3. The third kappa shape index (κ3) is 3.66. The highest BCUT2D eigenvalue weighted by Crippen LogP contribution is 2.25. The molecule has 7 heteroatoms. The predicted octanol–water partition coefficient (Wildman–Crippen LogP) is -0.395. The summed E-state index contributed by atoms with van der Waals surface area (Å²) in [4.78, 5) is 35.6. The van der Waals surface area contributed by atoms with E-state index in [9.17, 15) is 14.4 Å². The van der Waals surface area contributed by atoms with Crippen molar-refractivity contribution in [3.05, 3.63) is 0 Å². The Balaban J connectivity index is 2.74. The van der Waals surface area contributed by atoms with E-state index in [1.165, 1.54) is 4.90 Å². The summed E-state index contributed by atoms with van der Waals surface area (Å²) in [5.41, 5.74) is 5.39. The van der Waals surface area contributed by atoms with Crippen molar-refractivity contribution in [2.75, 3.05) is 19.6 Å². The van der Waals surface area contributed by atoms with E-state index >= 15 is 0 Å². The molecule has 1 amide bonds. The highest BCUT2D eigenvalue weighted by Gasteiger charge is 2.40. The van der Waals surface area contributed by atoms with Gasteiger partial charge >= 0.3 is 11.9 Å². The molecule has 0 bridgehead atoms. The Hall–Kier alpha value is -1.63. The van der Waals surface area contributed by atoms with E-state index in [1.54, 1.807) is 6.92 Å². The fourth-order valence-corrected chi connectivity index (χ4v) is 2.38. The Morgan fingerprint density at radius 1 is 1.26 bits per heavy atom. The smallest absolute Gasteiger partial charge is 0.309 e. The van der Waals surface area contributed by atoms with Gasteiger partial charge in [-0.2, -0.15) is 0 Å². The Labute approximate surface area is 111 Å². The van der Waals surface area contributed by atoms with Crippen molar-refractivity contribution in [3.8, 4) is 0 Å². The summed E-state index contributed by atoms with van der Waals surface area (Å²) in [6.45, 7) is 2.38. The van der Waals surface area contributed by atoms with Crippen molar-refractivity contribution in [2.45, 2.75) is 19.8 Å². The van der Waals surface area contributed by atoms with Crippen LogP contribution in [0.1, 0.15) is 19.8 Å². The Morgan fingerprint density at radius 2 is 1.84 bits per heavy atom. The van der Waals surface area contributed by atoms with Gasteiger partial charge in [-0.05, 0) is 19.4 Å². The lowest BCUT2D eigenvalue weighted by Gasteiger charge is -2.35. The first kappa shape index (κ1) is 15.4. The van der Waals surface area contributed by atoms with Gasteiger partial charge in [-0.15, -0.1) is 0 Å². The fraction of sp³-hybridized carbons (Fsp3) is 0.750. The molecule has 108 valence electrons. The lowest BCUT2D eigenvalue weighted by atomic mass is 9.85. The fourth-order valence-electron chi connectivity index (χ4n) is 2.38. The normalized spacial score (nSPS) is 24.8. The van der Waals surface area contributed by atoms with Gasteiger partial charge in [-0.25, -0.2) is 0 Å². The Bertz CT molecular complexity index is 371. The second-order valence-electron chi connectivity index (χ2n) is 4.94. The lowest BCUT2D eigenvalue weighted by Crippen LogP contribution is -2.50. The van der Waals surface area contributed by atoms with Crippen LogP contribution < -0.4 is 5.73 Å². The number of likely N-dealkylation sites (tertiary alicyclic amines) is 1. The average Bonchev–Trinajstić information content (AvgIpc) is 2.37. The second kappa shape index (κ2) is 6.51. The third-order valence-corrected chi connectivity index (χ3v) is 3.58. The van der Waals surface area contributed by atoms with Gasteiger partial charge in [0.15, 0.2) is 0 Å². The summed E-state index contributed by atoms with van der Waals surface area (Å²) in [5.74, 6) is -4.67. The molecule has 0 aromatic carbocycles. The maximum absolute atomic E-state index is 12.1. The quantitative estimate of drug-likeness (QED) is 0.626. The zero-order chi connectivity index (χ0) is 14.6. The summed E-state index contributed by atoms with van der Waals surface area (Å²) in [6.07, 6.45) is 0.711. The first-order valence-electron chi connectivity index (χ1n) is 6.33. The monoisotopic (exact) mass is 272 g/mol. The second-order valence-corrected chi connectivity index (χ2v) is 4.94. The summed E-state index contributed by atoms with van der Waals surface area (Å²) in [7, 11) is 0. The molecule has 0 aliphatic carbocycles. The first-order chi connectivity index (χ1) is 8.88. The molecule has 0 saturated carbocycles. The molecule has 3 atom stereocenters. The highest BCUT2D eigenvalue weighted by atomic mass is 16.4. The largest absolute Gasteiger partial charge is 0.481 e. The van der Waals surface area contributed by atoms with E-state index in [0.29, 0.717) is 13.0 Å². The molecule has 0 aromatic heterocycles. The summed E-state index contributed by atoms with van der Waals surface area (Å²) in [6, 6.07) is 0. The molecule has 1 heterocycles. The van der Waals surface area contributed by atoms with E-state index in [1.807, 2.05) is 0 Å². The topological polar surface area (TPSA) is 121 Å². The number of carboxylic acid groups (broad SMARTS) is 2. The van der Waals surface area contributed by atoms with E-state index in [-0.39, 0.29) is 31.3 Å². The maximum atomic E-state index is 12.1. The van der Waals surface area contributed by atoms with Crippen molar-refractivity contribution >= 4 is 17.8 Å². The molecule has 1 fully saturated rings. The van der Waals surface area contributed by atoms with Gasteiger partial charge in [-0.1, -0.05) is 6.92 Å². The molecule has 1 saturated heterocycles. The minimum Gasteiger partial charge on any atom is -0.481 e. The van der Waals surface area contributed by atoms with Gasteiger partial charge < -0.3 is 20.8 Å². The lowest BCUT2D eigenvalue weighted by molar-refractivity contribution is -0.159. The SMILES string of the molecule is CC(CCN)C(=O)N1CCC(C(=O)O)C(C(=O)O)C1. The van der Waals surface area contributed by atoms with Crippen LogP contribution in [0, 0.1) is 17.8 Å². The molecule has 7 nitrogen and oxygen atoms in total. The van der Waals surface area contributed by atoms with Gasteiger partial charge in [0, 0.05) is 19.0 Å². The van der Waals surface area contributed by atoms with Gasteiger partial charge in [0.1, 0.15) is 0 Å². The molecule has 3 unspecified atom stereocenters. The van der Waals surface area contributed by atoms with Crippen molar-refractivity contribution in [2.24, 2.45) is 23.5 Å². The number of piperidine rings is 1. The molecule has 19 heavy (non-hydrogen) atoms. The van der Waals surface area contributed by atoms with Crippen LogP contribution in [-0.2, 0) is 14.4 Å². The number of aliphatic carboxylic acids is 2. The maximum Gasteiger partial charge on any atom is 0.309 e. The van der Waals surface area contributed by atoms with Crippen molar-refractivity contribution in [1.29, 1.82) is 0 Å². The van der Waals surface area contributed by atoms with Gasteiger partial charge in [-0.3, -0.25) is 14.4 Å². The third-order valence-electron chi connectivity index (χ3n) is 3.58. The van der Waals surface area contributed by atoms with Gasteiger partial charge in [0.25, 0.3) is 0 Å². The minimum atomic E-state index is -1.17. The van der Waals surface area contributed by atoms with Crippen molar-refractivity contribution < 1.29 is 24.6 Å². The molecular formula is C12H20N2O5. The van der Waals surface area contributed by atoms with Crippen LogP contribution >= 0.6 is 0 Å². The van der Waals surface area contributed by atoms with Crippen LogP contribution in [0.25, 0.3) is 0 Å². The Morgan fingerprint density at radius 3 is 2.32 bits per heavy atom. The van der Waals surface area contributed by atoms with Crippen LogP contribution in [-0.4, -0.2) is 52.6 Å². The van der Waals surface area contributed by atoms with Crippen LogP contribution in [0.5, 0.6) is 0 Å². The number of hydrogen-bond donors (Lipinski definition) is 3. The Kier molecular flexibility index (Phi) is 5.29. The molecule has 4 N–H and O–H groups in total. The van der Waals surface area contributed by atoms with E-state index < -0.39 is 23.8 Å². The van der Waals surface area contributed by atoms with Crippen LogP contribution in [0.4, 0.5) is 0 Å². The van der Waals surface area contributed by atoms with Crippen LogP contribution in [0.2, 0.25) is 0 Å². The first-order valence-corrected chi connectivity index (χ1v) is 6.33. The average molecular weight is 272 g/mol. The number of nitrogens with two attached hydrogens (primary N) is 1. The molecular weight excluding hydrogens is 252 g/mol. The van der Waals surface area contributed by atoms with Crippen LogP contribution in [0.15, 0.2) is 0 Å². The molecule has 1 aliphatic rings. The van der Waals surface area contributed by atoms with Crippen molar-refractivity contribution in [3.63, 3.8) is 0 Å². The van der Waals surface area contributed by atoms with E-state index in [4.69, 9.17) is 15.9 Å². The van der Waals surface area contributed by atoms with Crippen molar-refractivity contribution in [1.82, 2.24) is 4.90 Å². The standard InChI is InChI=1S/C12H20N2O5/c1-7(2-4-13)10(15)14-5-3-8(11(16)17)9(6-14)12(18)19/h7-9H,2-6,13H2,1H3,(H,16,17)(H,18,19). The summed E-state index contributed by atoms with van der Waals surface area (Å²) < 4.78 is 0. The molecule has 0 radical (unpaired) electrons. The van der Waals surface area contributed by atoms with Crippen LogP contribution in [0.3, 0.4) is 0 Å². The zero-order valence-electron chi connectivity index (χ0n) is 10.9. The minimum absolute atomic E-state index is 0.0416. The summed E-state index contributed by atoms with van der Waals surface area (Å²) in [5, 5.41) is 18.1. The zero-order valence-corrected chi connectivity index (χ0v) is 10.9. The number of amides is 1. The molecule has 0 aromatic rings. The van der Waals surface area contributed by atoms with Gasteiger partial charge in [0.05, 0.1) is 11.8 Å². The number of nitrogens with zero attached hydrogens (tertiary/aromatic N) is 1. The number of rotatable bonds is 5. The number of carbonyl (C=O) groups excluding carboxylic acids is 1. The summed E-state index contributed by atoms with van der Waals surface area (Å²) >= 11 is 0. The van der Waals surface area contributed by atoms with Gasteiger partial charge in [0.2, 0.25) is 5.91 Å².